The minimum absolute atomic E-state index is 0.178. The topological polar surface area (TPSA) is 54.9 Å². The van der Waals surface area contributed by atoms with Gasteiger partial charge in [-0.1, -0.05) is 11.6 Å². The number of aryl methyl sites for hydroxylation is 1. The lowest BCUT2D eigenvalue weighted by Crippen LogP contribution is -2.23. The molecule has 0 saturated heterocycles. The van der Waals surface area contributed by atoms with Crippen LogP contribution in [0.25, 0.3) is 0 Å². The van der Waals surface area contributed by atoms with Crippen molar-refractivity contribution in [2.75, 3.05) is 0 Å². The number of aromatic nitrogens is 2. The molecule has 0 aliphatic carbocycles. The molecular formula is C13H12ClN3O. The number of hydrogen-bond acceptors (Lipinski definition) is 3. The van der Waals surface area contributed by atoms with Gasteiger partial charge in [0.1, 0.15) is 5.15 Å². The van der Waals surface area contributed by atoms with Crippen LogP contribution in [-0.2, 0) is 6.54 Å². The number of halogens is 1. The fourth-order valence-corrected chi connectivity index (χ4v) is 1.58. The van der Waals surface area contributed by atoms with Crippen LogP contribution in [0.5, 0.6) is 0 Å². The summed E-state index contributed by atoms with van der Waals surface area (Å²) in [5.41, 5.74) is 2.58. The molecule has 5 heteroatoms. The fourth-order valence-electron chi connectivity index (χ4n) is 1.47. The summed E-state index contributed by atoms with van der Waals surface area (Å²) >= 11 is 5.66. The largest absolute Gasteiger partial charge is 0.348 e. The molecule has 18 heavy (non-hydrogen) atoms. The van der Waals surface area contributed by atoms with E-state index in [0.29, 0.717) is 17.3 Å². The fraction of sp³-hybridized carbons (Fsp3) is 0.154. The van der Waals surface area contributed by atoms with Gasteiger partial charge in [0.15, 0.2) is 0 Å². The molecule has 0 aliphatic rings. The maximum absolute atomic E-state index is 11.8. The third kappa shape index (κ3) is 3.05. The van der Waals surface area contributed by atoms with E-state index in [4.69, 9.17) is 11.6 Å². The van der Waals surface area contributed by atoms with Crippen molar-refractivity contribution in [1.82, 2.24) is 15.3 Å². The lowest BCUT2D eigenvalue weighted by atomic mass is 10.1. The van der Waals surface area contributed by atoms with E-state index in [2.05, 4.69) is 15.3 Å². The highest BCUT2D eigenvalue weighted by atomic mass is 35.5. The van der Waals surface area contributed by atoms with Crippen LogP contribution in [-0.4, -0.2) is 15.9 Å². The maximum Gasteiger partial charge on any atom is 0.253 e. The number of carbonyl (C=O) groups excluding carboxylic acids is 1. The highest BCUT2D eigenvalue weighted by Gasteiger charge is 2.06. The zero-order valence-electron chi connectivity index (χ0n) is 9.85. The van der Waals surface area contributed by atoms with E-state index < -0.39 is 0 Å². The van der Waals surface area contributed by atoms with E-state index in [1.54, 1.807) is 24.5 Å². The van der Waals surface area contributed by atoms with Crippen molar-refractivity contribution in [3.63, 3.8) is 0 Å². The van der Waals surface area contributed by atoms with Gasteiger partial charge in [0.2, 0.25) is 0 Å². The average molecular weight is 262 g/mol. The van der Waals surface area contributed by atoms with Gasteiger partial charge in [0, 0.05) is 25.1 Å². The summed E-state index contributed by atoms with van der Waals surface area (Å²) in [6.07, 6.45) is 4.92. The summed E-state index contributed by atoms with van der Waals surface area (Å²) < 4.78 is 0. The number of carbonyl (C=O) groups is 1. The smallest absolute Gasteiger partial charge is 0.253 e. The van der Waals surface area contributed by atoms with Crippen molar-refractivity contribution in [2.45, 2.75) is 13.5 Å². The molecular weight excluding hydrogens is 250 g/mol. The summed E-state index contributed by atoms with van der Waals surface area (Å²) in [5.74, 6) is -0.178. The van der Waals surface area contributed by atoms with Gasteiger partial charge in [-0.2, -0.15) is 0 Å². The zero-order chi connectivity index (χ0) is 13.0. The van der Waals surface area contributed by atoms with E-state index in [9.17, 15) is 4.79 Å². The van der Waals surface area contributed by atoms with Gasteiger partial charge in [0.25, 0.3) is 5.91 Å². The van der Waals surface area contributed by atoms with E-state index in [0.717, 1.165) is 11.1 Å². The normalized spacial score (nSPS) is 10.1. The summed E-state index contributed by atoms with van der Waals surface area (Å²) in [6.45, 7) is 2.42. The quantitative estimate of drug-likeness (QED) is 0.863. The molecule has 0 spiro atoms. The monoisotopic (exact) mass is 261 g/mol. The lowest BCUT2D eigenvalue weighted by Gasteiger charge is -2.07. The van der Waals surface area contributed by atoms with Gasteiger partial charge >= 0.3 is 0 Å². The van der Waals surface area contributed by atoms with Crippen molar-refractivity contribution >= 4 is 17.5 Å². The number of hydrogen-bond donors (Lipinski definition) is 1. The first kappa shape index (κ1) is 12.5. The molecule has 0 atom stereocenters. The van der Waals surface area contributed by atoms with Crippen LogP contribution in [0.15, 0.2) is 36.8 Å². The van der Waals surface area contributed by atoms with Crippen LogP contribution in [0.3, 0.4) is 0 Å². The lowest BCUT2D eigenvalue weighted by molar-refractivity contribution is 0.0950. The number of pyridine rings is 2. The Morgan fingerprint density at radius 2 is 2.17 bits per heavy atom. The number of amides is 1. The van der Waals surface area contributed by atoms with Gasteiger partial charge in [-0.25, -0.2) is 4.98 Å². The van der Waals surface area contributed by atoms with Crippen LogP contribution in [0.2, 0.25) is 5.15 Å². The number of nitrogens with one attached hydrogen (secondary N) is 1. The van der Waals surface area contributed by atoms with E-state index in [-0.39, 0.29) is 5.91 Å². The molecule has 2 rings (SSSR count). The van der Waals surface area contributed by atoms with Crippen molar-refractivity contribution < 1.29 is 4.79 Å². The second kappa shape index (κ2) is 5.60. The minimum atomic E-state index is -0.178. The minimum Gasteiger partial charge on any atom is -0.348 e. The van der Waals surface area contributed by atoms with Gasteiger partial charge in [-0.3, -0.25) is 9.78 Å². The summed E-state index contributed by atoms with van der Waals surface area (Å²) in [6, 6.07) is 5.14. The van der Waals surface area contributed by atoms with Crippen molar-refractivity contribution in [1.29, 1.82) is 0 Å². The Kier molecular flexibility index (Phi) is 3.89. The summed E-state index contributed by atoms with van der Waals surface area (Å²) in [4.78, 5) is 19.7. The zero-order valence-corrected chi connectivity index (χ0v) is 10.6. The molecule has 0 aromatic carbocycles. The first-order chi connectivity index (χ1) is 8.66. The molecule has 0 aliphatic heterocycles. The predicted octanol–water partition coefficient (Wildman–Crippen LogP) is 2.37. The Balaban J connectivity index is 2.01. The molecule has 0 radical (unpaired) electrons. The van der Waals surface area contributed by atoms with Gasteiger partial charge in [-0.15, -0.1) is 0 Å². The first-order valence-corrected chi connectivity index (χ1v) is 5.84. The summed E-state index contributed by atoms with van der Waals surface area (Å²) in [7, 11) is 0. The molecule has 1 N–H and O–H groups in total. The van der Waals surface area contributed by atoms with Gasteiger partial charge in [0.05, 0.1) is 5.56 Å². The summed E-state index contributed by atoms with van der Waals surface area (Å²) in [5, 5.41) is 3.18. The molecule has 1 amide bonds. The molecule has 0 fully saturated rings. The van der Waals surface area contributed by atoms with Crippen LogP contribution >= 0.6 is 11.6 Å². The molecule has 0 bridgehead atoms. The third-order valence-electron chi connectivity index (χ3n) is 2.58. The van der Waals surface area contributed by atoms with E-state index in [1.165, 1.54) is 6.20 Å². The van der Waals surface area contributed by atoms with Crippen LogP contribution in [0, 0.1) is 6.92 Å². The Labute approximate surface area is 110 Å². The number of rotatable bonds is 3. The van der Waals surface area contributed by atoms with Crippen molar-refractivity contribution in [3.05, 3.63) is 58.6 Å². The average Bonchev–Trinajstić information content (AvgIpc) is 2.38. The van der Waals surface area contributed by atoms with Gasteiger partial charge in [-0.05, 0) is 36.2 Å². The molecule has 92 valence electrons. The second-order valence-electron chi connectivity index (χ2n) is 3.85. The van der Waals surface area contributed by atoms with Crippen LogP contribution in [0.1, 0.15) is 21.5 Å². The van der Waals surface area contributed by atoms with Crippen molar-refractivity contribution in [3.8, 4) is 0 Å². The molecule has 2 aromatic rings. The second-order valence-corrected chi connectivity index (χ2v) is 4.24. The third-order valence-corrected chi connectivity index (χ3v) is 2.80. The number of nitrogens with zero attached hydrogens (tertiary/aromatic N) is 2. The van der Waals surface area contributed by atoms with E-state index in [1.807, 2.05) is 13.0 Å². The standard InChI is InChI=1S/C13H12ClN3O/c1-9-4-5-15-6-11(9)8-17-13(18)10-2-3-12(14)16-7-10/h2-7H,8H2,1H3,(H,17,18). The van der Waals surface area contributed by atoms with Crippen LogP contribution < -0.4 is 5.32 Å². The molecule has 2 aromatic heterocycles. The van der Waals surface area contributed by atoms with Crippen LogP contribution in [0.4, 0.5) is 0 Å². The SMILES string of the molecule is Cc1ccncc1CNC(=O)c1ccc(Cl)nc1. The first-order valence-electron chi connectivity index (χ1n) is 5.46. The highest BCUT2D eigenvalue weighted by Crippen LogP contribution is 2.07. The van der Waals surface area contributed by atoms with Gasteiger partial charge < -0.3 is 5.32 Å². The van der Waals surface area contributed by atoms with Crippen molar-refractivity contribution in [2.24, 2.45) is 0 Å². The molecule has 2 heterocycles. The maximum atomic E-state index is 11.8. The Morgan fingerprint density at radius 3 is 2.83 bits per heavy atom. The molecule has 0 saturated carbocycles. The Morgan fingerprint density at radius 1 is 1.33 bits per heavy atom. The highest BCUT2D eigenvalue weighted by molar-refractivity contribution is 6.29. The Hall–Kier alpha value is -1.94. The molecule has 4 nitrogen and oxygen atoms in total. The molecule has 0 unspecified atom stereocenters. The Bertz CT molecular complexity index is 554. The predicted molar refractivity (Wildman–Crippen MR) is 69.4 cm³/mol. The van der Waals surface area contributed by atoms with E-state index >= 15 is 0 Å².